The third-order valence-corrected chi connectivity index (χ3v) is 2.93. The largest absolute Gasteiger partial charge is 0.481 e. The number of benzene rings is 1. The van der Waals surface area contributed by atoms with Crippen LogP contribution in [-0.4, -0.2) is 20.9 Å². The van der Waals surface area contributed by atoms with Crippen molar-refractivity contribution in [3.63, 3.8) is 0 Å². The molecular formula is C13H12F2N2O2. The van der Waals surface area contributed by atoms with Crippen LogP contribution in [0.1, 0.15) is 19.5 Å². The molecule has 0 fully saturated rings. The van der Waals surface area contributed by atoms with E-state index in [1.165, 1.54) is 36.9 Å². The van der Waals surface area contributed by atoms with Crippen molar-refractivity contribution >= 4 is 5.97 Å². The maximum atomic E-state index is 13.1. The van der Waals surface area contributed by atoms with E-state index in [0.29, 0.717) is 11.4 Å². The van der Waals surface area contributed by atoms with E-state index in [2.05, 4.69) is 5.10 Å². The van der Waals surface area contributed by atoms with Crippen molar-refractivity contribution in [2.45, 2.75) is 19.3 Å². The summed E-state index contributed by atoms with van der Waals surface area (Å²) >= 11 is 0. The van der Waals surface area contributed by atoms with Crippen LogP contribution in [0.25, 0.3) is 5.69 Å². The Labute approximate surface area is 108 Å². The number of halogens is 2. The first-order chi connectivity index (χ1) is 8.82. The molecule has 0 aliphatic heterocycles. The van der Waals surface area contributed by atoms with Gasteiger partial charge >= 0.3 is 5.97 Å². The lowest BCUT2D eigenvalue weighted by molar-refractivity contribution is -0.142. The van der Waals surface area contributed by atoms with E-state index < -0.39 is 23.0 Å². The molecule has 1 heterocycles. The number of rotatable bonds is 3. The molecule has 19 heavy (non-hydrogen) atoms. The molecule has 1 aromatic carbocycles. The number of aliphatic carboxylic acids is 1. The van der Waals surface area contributed by atoms with Crippen molar-refractivity contribution in [1.82, 2.24) is 9.78 Å². The molecule has 0 amide bonds. The van der Waals surface area contributed by atoms with Gasteiger partial charge in [0, 0.05) is 12.3 Å². The van der Waals surface area contributed by atoms with Gasteiger partial charge in [-0.2, -0.15) is 5.10 Å². The summed E-state index contributed by atoms with van der Waals surface area (Å²) in [6.45, 7) is 3.04. The molecule has 0 aliphatic rings. The molecule has 100 valence electrons. The quantitative estimate of drug-likeness (QED) is 0.928. The Hall–Kier alpha value is -2.24. The van der Waals surface area contributed by atoms with E-state index >= 15 is 0 Å². The van der Waals surface area contributed by atoms with Gasteiger partial charge in [-0.1, -0.05) is 0 Å². The van der Waals surface area contributed by atoms with Gasteiger partial charge in [0.2, 0.25) is 0 Å². The second-order valence-electron chi connectivity index (χ2n) is 4.67. The summed E-state index contributed by atoms with van der Waals surface area (Å²) in [6.07, 6.45) is 1.51. The molecule has 0 radical (unpaired) electrons. The van der Waals surface area contributed by atoms with Crippen LogP contribution < -0.4 is 0 Å². The molecule has 1 N–H and O–H groups in total. The Morgan fingerprint density at radius 3 is 2.53 bits per heavy atom. The molecule has 0 aliphatic carbocycles. The summed E-state index contributed by atoms with van der Waals surface area (Å²) in [5.74, 6) is -2.93. The fraction of sp³-hybridized carbons (Fsp3) is 0.231. The molecule has 4 nitrogen and oxygen atoms in total. The monoisotopic (exact) mass is 266 g/mol. The van der Waals surface area contributed by atoms with E-state index in [9.17, 15) is 13.6 Å². The molecule has 2 rings (SSSR count). The fourth-order valence-electron chi connectivity index (χ4n) is 1.54. The SMILES string of the molecule is CC(C)(C(=O)O)c1ccn(-c2ccc(F)c(F)c2)n1. The Bertz CT molecular complexity index is 635. The van der Waals surface area contributed by atoms with E-state index in [-0.39, 0.29) is 0 Å². The van der Waals surface area contributed by atoms with E-state index in [0.717, 1.165) is 12.1 Å². The first-order valence-corrected chi connectivity index (χ1v) is 5.57. The second kappa shape index (κ2) is 4.46. The number of carboxylic acids is 1. The number of carbonyl (C=O) groups is 1. The molecule has 1 aromatic heterocycles. The molecule has 0 saturated carbocycles. The smallest absolute Gasteiger partial charge is 0.315 e. The van der Waals surface area contributed by atoms with Crippen molar-refractivity contribution in [2.24, 2.45) is 0 Å². The Kier molecular flexibility index (Phi) is 3.09. The van der Waals surface area contributed by atoms with Crippen molar-refractivity contribution in [2.75, 3.05) is 0 Å². The van der Waals surface area contributed by atoms with Crippen LogP contribution in [-0.2, 0) is 10.2 Å². The van der Waals surface area contributed by atoms with Crippen LogP contribution in [0.15, 0.2) is 30.5 Å². The molecule has 0 unspecified atom stereocenters. The zero-order valence-corrected chi connectivity index (χ0v) is 10.4. The lowest BCUT2D eigenvalue weighted by atomic mass is 9.90. The van der Waals surface area contributed by atoms with E-state index in [1.54, 1.807) is 0 Å². The number of nitrogens with zero attached hydrogens (tertiary/aromatic N) is 2. The summed E-state index contributed by atoms with van der Waals surface area (Å²) in [5.41, 5.74) is -0.486. The van der Waals surface area contributed by atoms with Crippen LogP contribution in [0.4, 0.5) is 8.78 Å². The highest BCUT2D eigenvalue weighted by molar-refractivity contribution is 5.79. The average Bonchev–Trinajstić information content (AvgIpc) is 2.82. The van der Waals surface area contributed by atoms with Gasteiger partial charge in [-0.05, 0) is 32.0 Å². The molecule has 0 atom stereocenters. The van der Waals surface area contributed by atoms with Gasteiger partial charge in [0.05, 0.1) is 11.4 Å². The normalized spacial score (nSPS) is 11.6. The highest BCUT2D eigenvalue weighted by atomic mass is 19.2. The van der Waals surface area contributed by atoms with Crippen molar-refractivity contribution in [3.8, 4) is 5.69 Å². The number of aromatic nitrogens is 2. The Morgan fingerprint density at radius 1 is 1.26 bits per heavy atom. The van der Waals surface area contributed by atoms with Gasteiger partial charge in [-0.15, -0.1) is 0 Å². The van der Waals surface area contributed by atoms with Crippen molar-refractivity contribution < 1.29 is 18.7 Å². The van der Waals surface area contributed by atoms with Gasteiger partial charge in [0.1, 0.15) is 5.41 Å². The first-order valence-electron chi connectivity index (χ1n) is 5.57. The predicted octanol–water partition coefficient (Wildman–Crippen LogP) is 2.51. The van der Waals surface area contributed by atoms with Gasteiger partial charge in [-0.25, -0.2) is 13.5 Å². The van der Waals surface area contributed by atoms with Crippen LogP contribution in [0.5, 0.6) is 0 Å². The summed E-state index contributed by atoms with van der Waals surface area (Å²) in [4.78, 5) is 11.1. The molecule has 2 aromatic rings. The minimum Gasteiger partial charge on any atom is -0.481 e. The topological polar surface area (TPSA) is 55.1 Å². The predicted molar refractivity (Wildman–Crippen MR) is 64.1 cm³/mol. The molecular weight excluding hydrogens is 254 g/mol. The third kappa shape index (κ3) is 2.33. The highest BCUT2D eigenvalue weighted by Gasteiger charge is 2.32. The van der Waals surface area contributed by atoms with Gasteiger partial charge in [-0.3, -0.25) is 4.79 Å². The fourth-order valence-corrected chi connectivity index (χ4v) is 1.54. The standard InChI is InChI=1S/C13H12F2N2O2/c1-13(2,12(18)19)11-5-6-17(16-11)8-3-4-9(14)10(15)7-8/h3-7H,1-2H3,(H,18,19). The lowest BCUT2D eigenvalue weighted by Crippen LogP contribution is -2.29. The van der Waals surface area contributed by atoms with Crippen molar-refractivity contribution in [3.05, 3.63) is 47.8 Å². The zero-order chi connectivity index (χ0) is 14.2. The maximum Gasteiger partial charge on any atom is 0.315 e. The summed E-state index contributed by atoms with van der Waals surface area (Å²) in [6, 6.07) is 4.90. The molecule has 0 spiro atoms. The number of hydrogen-bond acceptors (Lipinski definition) is 2. The van der Waals surface area contributed by atoms with Gasteiger partial charge in [0.15, 0.2) is 11.6 Å². The highest BCUT2D eigenvalue weighted by Crippen LogP contribution is 2.22. The number of hydrogen-bond donors (Lipinski definition) is 1. The third-order valence-electron chi connectivity index (χ3n) is 2.93. The minimum atomic E-state index is -1.15. The van der Waals surface area contributed by atoms with E-state index in [4.69, 9.17) is 5.11 Å². The number of carboxylic acid groups (broad SMARTS) is 1. The average molecular weight is 266 g/mol. The molecule has 6 heteroatoms. The first kappa shape index (κ1) is 13.2. The van der Waals surface area contributed by atoms with Crippen LogP contribution in [0, 0.1) is 11.6 Å². The lowest BCUT2D eigenvalue weighted by Gasteiger charge is -2.15. The van der Waals surface area contributed by atoms with Crippen molar-refractivity contribution in [1.29, 1.82) is 0 Å². The summed E-state index contributed by atoms with van der Waals surface area (Å²) < 4.78 is 27.3. The summed E-state index contributed by atoms with van der Waals surface area (Å²) in [7, 11) is 0. The van der Waals surface area contributed by atoms with Gasteiger partial charge in [0.25, 0.3) is 0 Å². The zero-order valence-electron chi connectivity index (χ0n) is 10.4. The second-order valence-corrected chi connectivity index (χ2v) is 4.67. The van der Waals surface area contributed by atoms with Gasteiger partial charge < -0.3 is 5.11 Å². The Balaban J connectivity index is 2.41. The van der Waals surface area contributed by atoms with Crippen LogP contribution in [0.3, 0.4) is 0 Å². The maximum absolute atomic E-state index is 13.1. The van der Waals surface area contributed by atoms with Crippen LogP contribution in [0.2, 0.25) is 0 Å². The minimum absolute atomic E-state index is 0.325. The van der Waals surface area contributed by atoms with E-state index in [1.807, 2.05) is 0 Å². The molecule has 0 saturated heterocycles. The van der Waals surface area contributed by atoms with Crippen LogP contribution >= 0.6 is 0 Å². The molecule has 0 bridgehead atoms. The Morgan fingerprint density at radius 2 is 1.95 bits per heavy atom. The summed E-state index contributed by atoms with van der Waals surface area (Å²) in [5, 5.41) is 13.2.